The lowest BCUT2D eigenvalue weighted by Crippen LogP contribution is -2.37. The first kappa shape index (κ1) is 16.6. The number of rotatable bonds is 6. The first-order valence-corrected chi connectivity index (χ1v) is 7.72. The maximum atomic E-state index is 13.2. The van der Waals surface area contributed by atoms with Crippen molar-refractivity contribution in [3.05, 3.63) is 29.8 Å². The summed E-state index contributed by atoms with van der Waals surface area (Å²) < 4.78 is 50.7. The van der Waals surface area contributed by atoms with E-state index in [1.165, 1.54) is 0 Å². The van der Waals surface area contributed by atoms with Gasteiger partial charge in [-0.05, 0) is 24.1 Å². The quantitative estimate of drug-likeness (QED) is 0.820. The number of hydrogen-bond donors (Lipinski definition) is 1. The van der Waals surface area contributed by atoms with Gasteiger partial charge < -0.3 is 5.11 Å². The minimum absolute atomic E-state index is 0.358. The Labute approximate surface area is 116 Å². The number of aliphatic carboxylic acids is 1. The summed E-state index contributed by atoms with van der Waals surface area (Å²) >= 11 is 0. The molecule has 0 bridgehead atoms. The van der Waals surface area contributed by atoms with Gasteiger partial charge in [0.05, 0.1) is 4.90 Å². The van der Waals surface area contributed by atoms with Crippen LogP contribution in [-0.2, 0) is 14.6 Å². The van der Waals surface area contributed by atoms with Crippen LogP contribution in [0.4, 0.5) is 8.78 Å². The Morgan fingerprint density at radius 2 is 1.75 bits per heavy atom. The van der Waals surface area contributed by atoms with Crippen molar-refractivity contribution in [1.29, 1.82) is 0 Å². The van der Waals surface area contributed by atoms with Crippen molar-refractivity contribution in [2.24, 2.45) is 5.92 Å². The Bertz CT molecular complexity index is 594. The molecule has 112 valence electrons. The van der Waals surface area contributed by atoms with E-state index >= 15 is 0 Å². The molecular weight excluding hydrogens is 290 g/mol. The topological polar surface area (TPSA) is 71.4 Å². The van der Waals surface area contributed by atoms with E-state index in [2.05, 4.69) is 0 Å². The first-order valence-electron chi connectivity index (χ1n) is 6.17. The summed E-state index contributed by atoms with van der Waals surface area (Å²) in [5.41, 5.74) is 0. The van der Waals surface area contributed by atoms with Crippen molar-refractivity contribution in [3.63, 3.8) is 0 Å². The SMILES string of the molecule is CCC(CC)C(C(=O)O)S(=O)(=O)c1ccc(F)c(F)c1. The minimum atomic E-state index is -4.27. The highest BCUT2D eigenvalue weighted by atomic mass is 32.2. The van der Waals surface area contributed by atoms with Crippen molar-refractivity contribution in [2.45, 2.75) is 36.8 Å². The van der Waals surface area contributed by atoms with Crippen LogP contribution in [0, 0.1) is 17.6 Å². The summed E-state index contributed by atoms with van der Waals surface area (Å²) in [5.74, 6) is -4.58. The number of sulfone groups is 1. The Morgan fingerprint density at radius 3 is 2.15 bits per heavy atom. The van der Waals surface area contributed by atoms with Gasteiger partial charge in [-0.15, -0.1) is 0 Å². The number of benzene rings is 1. The average Bonchev–Trinajstić information content (AvgIpc) is 2.37. The Balaban J connectivity index is 3.36. The zero-order chi connectivity index (χ0) is 15.5. The zero-order valence-corrected chi connectivity index (χ0v) is 12.0. The van der Waals surface area contributed by atoms with Gasteiger partial charge >= 0.3 is 5.97 Å². The zero-order valence-electron chi connectivity index (χ0n) is 11.1. The number of carbonyl (C=O) groups is 1. The highest BCUT2D eigenvalue weighted by Gasteiger charge is 2.39. The summed E-state index contributed by atoms with van der Waals surface area (Å²) in [6.07, 6.45) is 0.715. The van der Waals surface area contributed by atoms with Crippen LogP contribution in [0.1, 0.15) is 26.7 Å². The Hall–Kier alpha value is -1.50. The third-order valence-electron chi connectivity index (χ3n) is 3.27. The molecule has 0 spiro atoms. The normalized spacial score (nSPS) is 13.4. The molecule has 1 N–H and O–H groups in total. The molecule has 4 nitrogen and oxygen atoms in total. The lowest BCUT2D eigenvalue weighted by molar-refractivity contribution is -0.137. The molecule has 0 heterocycles. The maximum absolute atomic E-state index is 13.2. The van der Waals surface area contributed by atoms with Crippen molar-refractivity contribution < 1.29 is 27.1 Å². The molecule has 7 heteroatoms. The maximum Gasteiger partial charge on any atom is 0.322 e. The molecule has 0 aliphatic rings. The molecule has 1 aromatic carbocycles. The molecule has 0 radical (unpaired) electrons. The highest BCUT2D eigenvalue weighted by molar-refractivity contribution is 7.92. The van der Waals surface area contributed by atoms with Crippen LogP contribution in [-0.4, -0.2) is 24.7 Å². The molecule has 1 aromatic rings. The van der Waals surface area contributed by atoms with Crippen LogP contribution < -0.4 is 0 Å². The highest BCUT2D eigenvalue weighted by Crippen LogP contribution is 2.27. The predicted octanol–water partition coefficient (Wildman–Crippen LogP) is 2.63. The first-order chi connectivity index (χ1) is 9.25. The molecule has 1 unspecified atom stereocenters. The lowest BCUT2D eigenvalue weighted by Gasteiger charge is -2.21. The molecule has 0 fully saturated rings. The van der Waals surface area contributed by atoms with Crippen molar-refractivity contribution in [3.8, 4) is 0 Å². The fraction of sp³-hybridized carbons (Fsp3) is 0.462. The van der Waals surface area contributed by atoms with Crippen molar-refractivity contribution >= 4 is 15.8 Å². The van der Waals surface area contributed by atoms with E-state index in [1.807, 2.05) is 0 Å². The van der Waals surface area contributed by atoms with Gasteiger partial charge in [-0.3, -0.25) is 4.79 Å². The van der Waals surface area contributed by atoms with Crippen LogP contribution in [0.3, 0.4) is 0 Å². The second-order valence-corrected chi connectivity index (χ2v) is 6.53. The van der Waals surface area contributed by atoms with E-state index in [1.54, 1.807) is 13.8 Å². The third kappa shape index (κ3) is 3.15. The number of hydrogen-bond acceptors (Lipinski definition) is 3. The van der Waals surface area contributed by atoms with Crippen LogP contribution in [0.2, 0.25) is 0 Å². The summed E-state index contributed by atoms with van der Waals surface area (Å²) in [6, 6.07) is 2.07. The van der Waals surface area contributed by atoms with Gasteiger partial charge in [0.2, 0.25) is 0 Å². The molecule has 20 heavy (non-hydrogen) atoms. The van der Waals surface area contributed by atoms with E-state index in [4.69, 9.17) is 0 Å². The second kappa shape index (κ2) is 6.30. The molecule has 1 rings (SSSR count). The van der Waals surface area contributed by atoms with Gasteiger partial charge in [-0.2, -0.15) is 0 Å². The van der Waals surface area contributed by atoms with E-state index in [-0.39, 0.29) is 0 Å². The molecule has 0 saturated heterocycles. The number of carboxylic acids is 1. The van der Waals surface area contributed by atoms with Crippen LogP contribution in [0.15, 0.2) is 23.1 Å². The van der Waals surface area contributed by atoms with Gasteiger partial charge in [0.25, 0.3) is 0 Å². The summed E-state index contributed by atoms with van der Waals surface area (Å²) in [5, 5.41) is 7.52. The number of carboxylic acid groups (broad SMARTS) is 1. The standard InChI is InChI=1S/C13H16F2O4S/c1-3-8(4-2)12(13(16)17)20(18,19)9-5-6-10(14)11(15)7-9/h5-8,12H,3-4H2,1-2H3,(H,16,17). The monoisotopic (exact) mass is 306 g/mol. The van der Waals surface area contributed by atoms with E-state index in [0.717, 1.165) is 6.07 Å². The fourth-order valence-electron chi connectivity index (χ4n) is 2.10. The van der Waals surface area contributed by atoms with Crippen molar-refractivity contribution in [2.75, 3.05) is 0 Å². The summed E-state index contributed by atoms with van der Waals surface area (Å²) in [4.78, 5) is 10.8. The largest absolute Gasteiger partial charge is 0.480 e. The summed E-state index contributed by atoms with van der Waals surface area (Å²) in [7, 11) is -4.27. The molecule has 0 aliphatic carbocycles. The molecule has 0 aromatic heterocycles. The molecule has 0 amide bonds. The smallest absolute Gasteiger partial charge is 0.322 e. The fourth-order valence-corrected chi connectivity index (χ4v) is 4.08. The van der Waals surface area contributed by atoms with E-state index in [0.29, 0.717) is 25.0 Å². The van der Waals surface area contributed by atoms with Gasteiger partial charge in [0.15, 0.2) is 26.7 Å². The third-order valence-corrected chi connectivity index (χ3v) is 5.44. The molecule has 0 aliphatic heterocycles. The predicted molar refractivity (Wildman–Crippen MR) is 69.0 cm³/mol. The van der Waals surface area contributed by atoms with Gasteiger partial charge in [0, 0.05) is 0 Å². The summed E-state index contributed by atoms with van der Waals surface area (Å²) in [6.45, 7) is 3.37. The van der Waals surface area contributed by atoms with Crippen LogP contribution >= 0.6 is 0 Å². The van der Waals surface area contributed by atoms with Crippen LogP contribution in [0.5, 0.6) is 0 Å². The molecular formula is C13H16F2O4S. The van der Waals surface area contributed by atoms with Gasteiger partial charge in [0.1, 0.15) is 0 Å². The second-order valence-electron chi connectivity index (χ2n) is 4.46. The minimum Gasteiger partial charge on any atom is -0.480 e. The number of halogens is 2. The Kier molecular flexibility index (Phi) is 5.21. The van der Waals surface area contributed by atoms with Gasteiger partial charge in [-0.1, -0.05) is 26.7 Å². The molecule has 0 saturated carbocycles. The van der Waals surface area contributed by atoms with Crippen molar-refractivity contribution in [1.82, 2.24) is 0 Å². The molecule has 1 atom stereocenters. The van der Waals surface area contributed by atoms with E-state index in [9.17, 15) is 27.1 Å². The lowest BCUT2D eigenvalue weighted by atomic mass is 9.99. The van der Waals surface area contributed by atoms with Gasteiger partial charge in [-0.25, -0.2) is 17.2 Å². The van der Waals surface area contributed by atoms with Crippen LogP contribution in [0.25, 0.3) is 0 Å². The van der Waals surface area contributed by atoms with E-state index < -0.39 is 43.5 Å². The average molecular weight is 306 g/mol. The Morgan fingerprint density at radius 1 is 1.20 bits per heavy atom.